The molecule has 0 saturated carbocycles. The van der Waals surface area contributed by atoms with Gasteiger partial charge in [0.1, 0.15) is 5.75 Å². The van der Waals surface area contributed by atoms with Crippen LogP contribution in [0.2, 0.25) is 0 Å². The van der Waals surface area contributed by atoms with Crippen LogP contribution >= 0.6 is 11.8 Å². The molecular weight excluding hydrogens is 300 g/mol. The first-order chi connectivity index (χ1) is 10.5. The van der Waals surface area contributed by atoms with Crippen molar-refractivity contribution in [1.82, 2.24) is 9.97 Å². The fraction of sp³-hybridized carbons (Fsp3) is 0.312. The largest absolute Gasteiger partial charge is 0.494 e. The lowest BCUT2D eigenvalue weighted by Gasteiger charge is -2.11. The molecular formula is C16H18N2O3S. The molecule has 2 aromatic rings. The number of ketones is 1. The standard InChI is InChI=1S/C16H18N2O3S/c1-4-21-14-6-5-12(11(3)19)8-13(14)9-22-16-17-10(2)7-15(20)18-16/h5-8H,4,9H2,1-3H3,(H,17,18,20). The number of aromatic nitrogens is 2. The minimum Gasteiger partial charge on any atom is -0.494 e. The van der Waals surface area contributed by atoms with Crippen molar-refractivity contribution < 1.29 is 9.53 Å². The number of H-pyrrole nitrogens is 1. The van der Waals surface area contributed by atoms with Crippen LogP contribution in [0.3, 0.4) is 0 Å². The monoisotopic (exact) mass is 318 g/mol. The zero-order valence-electron chi connectivity index (χ0n) is 12.8. The number of nitrogens with zero attached hydrogens (tertiary/aromatic N) is 1. The molecule has 0 bridgehead atoms. The van der Waals surface area contributed by atoms with Crippen LogP contribution in [0.25, 0.3) is 0 Å². The third kappa shape index (κ3) is 4.21. The summed E-state index contributed by atoms with van der Waals surface area (Å²) in [4.78, 5) is 30.0. The zero-order chi connectivity index (χ0) is 16.1. The molecule has 0 unspecified atom stereocenters. The van der Waals surface area contributed by atoms with Crippen LogP contribution in [0.15, 0.2) is 34.2 Å². The Morgan fingerprint density at radius 2 is 2.14 bits per heavy atom. The van der Waals surface area contributed by atoms with E-state index in [1.54, 1.807) is 13.0 Å². The van der Waals surface area contributed by atoms with Gasteiger partial charge in [0.05, 0.1) is 6.61 Å². The van der Waals surface area contributed by atoms with Crippen LogP contribution in [-0.4, -0.2) is 22.4 Å². The van der Waals surface area contributed by atoms with E-state index in [0.29, 0.717) is 28.8 Å². The van der Waals surface area contributed by atoms with Crippen molar-refractivity contribution in [2.75, 3.05) is 6.61 Å². The van der Waals surface area contributed by atoms with Gasteiger partial charge >= 0.3 is 0 Å². The molecule has 0 fully saturated rings. The number of hydrogen-bond acceptors (Lipinski definition) is 5. The van der Waals surface area contributed by atoms with E-state index in [4.69, 9.17) is 4.74 Å². The Morgan fingerprint density at radius 1 is 1.36 bits per heavy atom. The molecule has 1 aromatic heterocycles. The van der Waals surface area contributed by atoms with E-state index >= 15 is 0 Å². The van der Waals surface area contributed by atoms with Gasteiger partial charge in [-0.25, -0.2) is 4.98 Å². The average molecular weight is 318 g/mol. The van der Waals surface area contributed by atoms with Gasteiger partial charge in [0, 0.05) is 28.6 Å². The molecule has 0 atom stereocenters. The number of carbonyl (C=O) groups is 1. The first-order valence-corrected chi connectivity index (χ1v) is 7.95. The summed E-state index contributed by atoms with van der Waals surface area (Å²) in [6, 6.07) is 6.84. The molecule has 1 N–H and O–H groups in total. The summed E-state index contributed by atoms with van der Waals surface area (Å²) in [7, 11) is 0. The SMILES string of the molecule is CCOc1ccc(C(C)=O)cc1CSc1nc(C)cc(=O)[nH]1. The predicted octanol–water partition coefficient (Wildman–Crippen LogP) is 2.97. The molecule has 0 radical (unpaired) electrons. The van der Waals surface area contributed by atoms with Gasteiger partial charge in [-0.15, -0.1) is 0 Å². The fourth-order valence-electron chi connectivity index (χ4n) is 1.97. The molecule has 1 heterocycles. The molecule has 0 aliphatic rings. The Labute approximate surface area is 133 Å². The maximum absolute atomic E-state index is 11.5. The number of aryl methyl sites for hydroxylation is 1. The highest BCUT2D eigenvalue weighted by atomic mass is 32.2. The Hall–Kier alpha value is -2.08. The molecule has 0 spiro atoms. The van der Waals surface area contributed by atoms with Crippen LogP contribution in [0.1, 0.15) is 35.5 Å². The number of rotatable bonds is 6. The first-order valence-electron chi connectivity index (χ1n) is 6.97. The number of hydrogen-bond donors (Lipinski definition) is 1. The van der Waals surface area contributed by atoms with Crippen LogP contribution in [0.4, 0.5) is 0 Å². The van der Waals surface area contributed by atoms with Gasteiger partial charge in [-0.3, -0.25) is 9.59 Å². The fourth-order valence-corrected chi connectivity index (χ4v) is 2.87. The Balaban J connectivity index is 2.24. The molecule has 0 amide bonds. The molecule has 0 saturated heterocycles. The van der Waals surface area contributed by atoms with Gasteiger partial charge in [0.15, 0.2) is 10.9 Å². The van der Waals surface area contributed by atoms with E-state index in [1.807, 2.05) is 19.1 Å². The summed E-state index contributed by atoms with van der Waals surface area (Å²) in [6.45, 7) is 5.78. The third-order valence-electron chi connectivity index (χ3n) is 2.98. The molecule has 1 aromatic carbocycles. The van der Waals surface area contributed by atoms with Gasteiger partial charge < -0.3 is 9.72 Å². The molecule has 5 nitrogen and oxygen atoms in total. The van der Waals surface area contributed by atoms with Crippen molar-refractivity contribution >= 4 is 17.5 Å². The normalized spacial score (nSPS) is 10.5. The molecule has 22 heavy (non-hydrogen) atoms. The summed E-state index contributed by atoms with van der Waals surface area (Å²) in [5.41, 5.74) is 2.06. The number of aromatic amines is 1. The minimum atomic E-state index is -0.169. The van der Waals surface area contributed by atoms with E-state index in [9.17, 15) is 9.59 Å². The van der Waals surface area contributed by atoms with Crippen molar-refractivity contribution in [2.24, 2.45) is 0 Å². The lowest BCUT2D eigenvalue weighted by molar-refractivity contribution is 0.101. The van der Waals surface area contributed by atoms with Crippen molar-refractivity contribution in [2.45, 2.75) is 31.7 Å². The van der Waals surface area contributed by atoms with Gasteiger partial charge in [-0.2, -0.15) is 0 Å². The van der Waals surface area contributed by atoms with Crippen LogP contribution in [0, 0.1) is 6.92 Å². The smallest absolute Gasteiger partial charge is 0.251 e. The average Bonchev–Trinajstić information content (AvgIpc) is 2.45. The summed E-state index contributed by atoms with van der Waals surface area (Å²) in [5, 5.41) is 0.556. The van der Waals surface area contributed by atoms with Crippen molar-refractivity contribution in [3.05, 3.63) is 51.4 Å². The van der Waals surface area contributed by atoms with E-state index in [-0.39, 0.29) is 11.3 Å². The highest BCUT2D eigenvalue weighted by Crippen LogP contribution is 2.27. The minimum absolute atomic E-state index is 0.0105. The second kappa shape index (κ2) is 7.26. The zero-order valence-corrected chi connectivity index (χ0v) is 13.6. The third-order valence-corrected chi connectivity index (χ3v) is 3.90. The molecule has 2 rings (SSSR count). The van der Waals surface area contributed by atoms with Crippen LogP contribution in [0.5, 0.6) is 5.75 Å². The maximum atomic E-state index is 11.5. The number of benzene rings is 1. The highest BCUT2D eigenvalue weighted by Gasteiger charge is 2.09. The summed E-state index contributed by atoms with van der Waals surface area (Å²) < 4.78 is 5.59. The predicted molar refractivity (Wildman–Crippen MR) is 86.8 cm³/mol. The Bertz CT molecular complexity index is 740. The molecule has 0 aliphatic heterocycles. The van der Waals surface area contributed by atoms with E-state index in [0.717, 1.165) is 11.3 Å². The van der Waals surface area contributed by atoms with Crippen molar-refractivity contribution in [3.8, 4) is 5.75 Å². The highest BCUT2D eigenvalue weighted by molar-refractivity contribution is 7.98. The van der Waals surface area contributed by atoms with Crippen LogP contribution < -0.4 is 10.3 Å². The molecule has 116 valence electrons. The van der Waals surface area contributed by atoms with Gasteiger partial charge in [-0.05, 0) is 39.0 Å². The molecule has 0 aliphatic carbocycles. The summed E-state index contributed by atoms with van der Waals surface area (Å²) >= 11 is 1.40. The Morgan fingerprint density at radius 3 is 2.77 bits per heavy atom. The Kier molecular flexibility index (Phi) is 5.38. The summed E-state index contributed by atoms with van der Waals surface area (Å²) in [6.07, 6.45) is 0. The number of Topliss-reactive ketones (excluding diaryl/α,β-unsaturated/α-hetero) is 1. The van der Waals surface area contributed by atoms with E-state index in [1.165, 1.54) is 24.8 Å². The van der Waals surface area contributed by atoms with Gasteiger partial charge in [-0.1, -0.05) is 11.8 Å². The lowest BCUT2D eigenvalue weighted by atomic mass is 10.1. The lowest BCUT2D eigenvalue weighted by Crippen LogP contribution is -2.08. The van der Waals surface area contributed by atoms with E-state index < -0.39 is 0 Å². The number of thioether (sulfide) groups is 1. The van der Waals surface area contributed by atoms with Crippen molar-refractivity contribution in [3.63, 3.8) is 0 Å². The first kappa shape index (κ1) is 16.3. The van der Waals surface area contributed by atoms with Crippen LogP contribution in [-0.2, 0) is 5.75 Å². The number of nitrogens with one attached hydrogen (secondary N) is 1. The second-order valence-electron chi connectivity index (χ2n) is 4.79. The van der Waals surface area contributed by atoms with Gasteiger partial charge in [0.2, 0.25) is 0 Å². The summed E-state index contributed by atoms with van der Waals surface area (Å²) in [5.74, 6) is 1.31. The maximum Gasteiger partial charge on any atom is 0.251 e. The number of ether oxygens (including phenoxy) is 1. The quantitative estimate of drug-likeness (QED) is 0.503. The van der Waals surface area contributed by atoms with E-state index in [2.05, 4.69) is 9.97 Å². The van der Waals surface area contributed by atoms with Crippen molar-refractivity contribution in [1.29, 1.82) is 0 Å². The van der Waals surface area contributed by atoms with Gasteiger partial charge in [0.25, 0.3) is 5.56 Å². The molecule has 6 heteroatoms. The second-order valence-corrected chi connectivity index (χ2v) is 5.76. The number of carbonyl (C=O) groups excluding carboxylic acids is 1. The topological polar surface area (TPSA) is 72.0 Å².